The van der Waals surface area contributed by atoms with Crippen LogP contribution in [0.3, 0.4) is 0 Å². The highest BCUT2D eigenvalue weighted by Crippen LogP contribution is 2.28. The fraction of sp³-hybridized carbons (Fsp3) is 0.600. The predicted molar refractivity (Wildman–Crippen MR) is 59.8 cm³/mol. The summed E-state index contributed by atoms with van der Waals surface area (Å²) < 4.78 is 0. The lowest BCUT2D eigenvalue weighted by atomic mass is 9.98. The van der Waals surface area contributed by atoms with Gasteiger partial charge in [-0.3, -0.25) is 4.79 Å². The maximum atomic E-state index is 11.8. The van der Waals surface area contributed by atoms with Crippen molar-refractivity contribution in [3.63, 3.8) is 0 Å². The second-order valence-corrected chi connectivity index (χ2v) is 4.74. The molecule has 3 N–H and O–H groups in total. The number of carbonyl (C=O) groups excluding carboxylic acids is 1. The molecule has 5 heteroatoms. The number of hydrogen-bond acceptors (Lipinski definition) is 4. The summed E-state index contributed by atoms with van der Waals surface area (Å²) in [5.74, 6) is -0.0939. The van der Waals surface area contributed by atoms with Gasteiger partial charge in [0.15, 0.2) is 0 Å². The van der Waals surface area contributed by atoms with Gasteiger partial charge < -0.3 is 11.1 Å². The molecule has 0 spiro atoms. The number of nitrogens with zero attached hydrogens (tertiary/aromatic N) is 1. The number of nitrogens with two attached hydrogens (primary N) is 1. The van der Waals surface area contributed by atoms with E-state index in [1.54, 1.807) is 10.9 Å². The Hall–Kier alpha value is -0.940. The van der Waals surface area contributed by atoms with E-state index in [1.807, 2.05) is 0 Å². The molecule has 0 atom stereocenters. The van der Waals surface area contributed by atoms with Gasteiger partial charge in [-0.25, -0.2) is 4.98 Å². The van der Waals surface area contributed by atoms with Crippen molar-refractivity contribution < 1.29 is 4.79 Å². The minimum Gasteiger partial charge on any atom is -0.344 e. The van der Waals surface area contributed by atoms with Gasteiger partial charge in [-0.15, -0.1) is 11.3 Å². The predicted octanol–water partition coefficient (Wildman–Crippen LogP) is 1.14. The van der Waals surface area contributed by atoms with Gasteiger partial charge in [0.05, 0.1) is 11.0 Å². The molecule has 1 aromatic heterocycles. The first-order valence-corrected chi connectivity index (χ1v) is 6.11. The topological polar surface area (TPSA) is 68.0 Å². The fourth-order valence-corrected chi connectivity index (χ4v) is 2.59. The Kier molecular flexibility index (Phi) is 3.02. The Morgan fingerprint density at radius 1 is 1.60 bits per heavy atom. The van der Waals surface area contributed by atoms with E-state index in [4.69, 9.17) is 5.73 Å². The minimum atomic E-state index is -0.180. The van der Waals surface area contributed by atoms with Crippen LogP contribution in [0.15, 0.2) is 10.9 Å². The standard InChI is InChI=1S/C10H15N3OS/c11-6-10(3-1-2-4-10)13-9(14)8-5-15-7-12-8/h5,7H,1-4,6,11H2,(H,13,14). The molecule has 2 rings (SSSR count). The van der Waals surface area contributed by atoms with Gasteiger partial charge in [-0.2, -0.15) is 0 Å². The van der Waals surface area contributed by atoms with E-state index in [0.717, 1.165) is 25.7 Å². The van der Waals surface area contributed by atoms with Crippen LogP contribution in [0.1, 0.15) is 36.2 Å². The van der Waals surface area contributed by atoms with Crippen LogP contribution in [0.5, 0.6) is 0 Å². The normalized spacial score (nSPS) is 19.0. The molecule has 15 heavy (non-hydrogen) atoms. The molecular weight excluding hydrogens is 210 g/mol. The third-order valence-electron chi connectivity index (χ3n) is 3.00. The van der Waals surface area contributed by atoms with Crippen LogP contribution in [0.2, 0.25) is 0 Å². The lowest BCUT2D eigenvalue weighted by Crippen LogP contribution is -2.51. The van der Waals surface area contributed by atoms with Gasteiger partial charge in [0, 0.05) is 11.9 Å². The summed E-state index contributed by atoms with van der Waals surface area (Å²) >= 11 is 1.43. The number of hydrogen-bond donors (Lipinski definition) is 2. The summed E-state index contributed by atoms with van der Waals surface area (Å²) in [5, 5.41) is 4.78. The third kappa shape index (κ3) is 2.18. The monoisotopic (exact) mass is 225 g/mol. The molecule has 1 fully saturated rings. The number of thiazole rings is 1. The van der Waals surface area contributed by atoms with Crippen molar-refractivity contribution >= 4 is 17.2 Å². The summed E-state index contributed by atoms with van der Waals surface area (Å²) in [6.45, 7) is 0.517. The molecule has 4 nitrogen and oxygen atoms in total. The van der Waals surface area contributed by atoms with E-state index in [-0.39, 0.29) is 11.4 Å². The highest BCUT2D eigenvalue weighted by atomic mass is 32.1. The summed E-state index contributed by atoms with van der Waals surface area (Å²) in [7, 11) is 0. The molecule has 0 bridgehead atoms. The zero-order valence-electron chi connectivity index (χ0n) is 8.53. The molecule has 1 heterocycles. The summed E-state index contributed by atoms with van der Waals surface area (Å²) in [6, 6.07) is 0. The molecule has 1 amide bonds. The summed E-state index contributed by atoms with van der Waals surface area (Å²) in [5.41, 5.74) is 7.72. The van der Waals surface area contributed by atoms with Crippen LogP contribution in [0.25, 0.3) is 0 Å². The van der Waals surface area contributed by atoms with Gasteiger partial charge >= 0.3 is 0 Å². The quantitative estimate of drug-likeness (QED) is 0.810. The van der Waals surface area contributed by atoms with E-state index < -0.39 is 0 Å². The molecule has 0 aromatic carbocycles. The zero-order valence-corrected chi connectivity index (χ0v) is 9.35. The van der Waals surface area contributed by atoms with Gasteiger partial charge in [0.1, 0.15) is 5.69 Å². The molecular formula is C10H15N3OS. The molecule has 0 unspecified atom stereocenters. The number of nitrogens with one attached hydrogen (secondary N) is 1. The van der Waals surface area contributed by atoms with Crippen LogP contribution < -0.4 is 11.1 Å². The molecule has 1 aliphatic rings. The number of aromatic nitrogens is 1. The van der Waals surface area contributed by atoms with Gasteiger partial charge in [-0.05, 0) is 12.8 Å². The lowest BCUT2D eigenvalue weighted by Gasteiger charge is -2.28. The van der Waals surface area contributed by atoms with Crippen molar-refractivity contribution in [1.82, 2.24) is 10.3 Å². The molecule has 82 valence electrons. The third-order valence-corrected chi connectivity index (χ3v) is 3.58. The van der Waals surface area contributed by atoms with Crippen LogP contribution in [0, 0.1) is 0 Å². The second kappa shape index (κ2) is 4.28. The van der Waals surface area contributed by atoms with Crippen LogP contribution in [-0.2, 0) is 0 Å². The highest BCUT2D eigenvalue weighted by Gasteiger charge is 2.34. The lowest BCUT2D eigenvalue weighted by molar-refractivity contribution is 0.0898. The maximum Gasteiger partial charge on any atom is 0.271 e. The average molecular weight is 225 g/mol. The Morgan fingerprint density at radius 2 is 2.33 bits per heavy atom. The van der Waals surface area contributed by atoms with E-state index in [1.165, 1.54) is 11.3 Å². The molecule has 1 saturated carbocycles. The SMILES string of the molecule is NCC1(NC(=O)c2cscn2)CCCC1. The van der Waals surface area contributed by atoms with Crippen molar-refractivity contribution in [3.05, 3.63) is 16.6 Å². The number of rotatable bonds is 3. The molecule has 0 saturated heterocycles. The van der Waals surface area contributed by atoms with Crippen LogP contribution in [0.4, 0.5) is 0 Å². The maximum absolute atomic E-state index is 11.8. The molecule has 0 radical (unpaired) electrons. The summed E-state index contributed by atoms with van der Waals surface area (Å²) in [4.78, 5) is 15.8. The Labute approximate surface area is 92.9 Å². The number of amides is 1. The molecule has 0 aliphatic heterocycles. The fourth-order valence-electron chi connectivity index (χ4n) is 2.06. The Balaban J connectivity index is 2.04. The first kappa shape index (κ1) is 10.6. The first-order chi connectivity index (χ1) is 7.26. The molecule has 1 aromatic rings. The van der Waals surface area contributed by atoms with Gasteiger partial charge in [0.2, 0.25) is 0 Å². The van der Waals surface area contributed by atoms with Crippen molar-refractivity contribution in [3.8, 4) is 0 Å². The van der Waals surface area contributed by atoms with E-state index in [0.29, 0.717) is 12.2 Å². The first-order valence-electron chi connectivity index (χ1n) is 5.16. The van der Waals surface area contributed by atoms with Gasteiger partial charge in [-0.1, -0.05) is 12.8 Å². The minimum absolute atomic E-state index is 0.0939. The van der Waals surface area contributed by atoms with Crippen molar-refractivity contribution in [2.75, 3.05) is 6.54 Å². The average Bonchev–Trinajstić information content (AvgIpc) is 2.88. The molecule has 1 aliphatic carbocycles. The largest absolute Gasteiger partial charge is 0.344 e. The summed E-state index contributed by atoms with van der Waals surface area (Å²) in [6.07, 6.45) is 4.27. The van der Waals surface area contributed by atoms with E-state index in [9.17, 15) is 4.79 Å². The second-order valence-electron chi connectivity index (χ2n) is 4.02. The smallest absolute Gasteiger partial charge is 0.271 e. The number of carbonyl (C=O) groups is 1. The van der Waals surface area contributed by atoms with Crippen LogP contribution in [-0.4, -0.2) is 23.0 Å². The zero-order chi connectivity index (χ0) is 10.7. The van der Waals surface area contributed by atoms with Crippen molar-refractivity contribution in [1.29, 1.82) is 0 Å². The van der Waals surface area contributed by atoms with E-state index >= 15 is 0 Å². The highest BCUT2D eigenvalue weighted by molar-refractivity contribution is 7.07. The Bertz CT molecular complexity index is 330. The van der Waals surface area contributed by atoms with Crippen LogP contribution >= 0.6 is 11.3 Å². The van der Waals surface area contributed by atoms with Crippen molar-refractivity contribution in [2.45, 2.75) is 31.2 Å². The van der Waals surface area contributed by atoms with Gasteiger partial charge in [0.25, 0.3) is 5.91 Å². The van der Waals surface area contributed by atoms with E-state index in [2.05, 4.69) is 10.3 Å². The Morgan fingerprint density at radius 3 is 2.87 bits per heavy atom. The van der Waals surface area contributed by atoms with Crippen molar-refractivity contribution in [2.24, 2.45) is 5.73 Å².